The highest BCUT2D eigenvalue weighted by Gasteiger charge is 2.02. The molecule has 102 valence electrons. The molecule has 19 heavy (non-hydrogen) atoms. The van der Waals surface area contributed by atoms with Crippen molar-refractivity contribution >= 4 is 0 Å². The van der Waals surface area contributed by atoms with E-state index in [2.05, 4.69) is 34.5 Å². The fourth-order valence-corrected chi connectivity index (χ4v) is 1.83. The van der Waals surface area contributed by atoms with Gasteiger partial charge in [-0.2, -0.15) is 5.10 Å². The second-order valence-electron chi connectivity index (χ2n) is 4.45. The van der Waals surface area contributed by atoms with Crippen LogP contribution in [0.25, 0.3) is 0 Å². The Balaban J connectivity index is 1.89. The van der Waals surface area contributed by atoms with Crippen LogP contribution < -0.4 is 5.32 Å². The van der Waals surface area contributed by atoms with Gasteiger partial charge in [0, 0.05) is 13.7 Å². The number of benzene rings is 1. The van der Waals surface area contributed by atoms with Crippen molar-refractivity contribution in [3.05, 3.63) is 47.5 Å². The summed E-state index contributed by atoms with van der Waals surface area (Å²) in [6.07, 6.45) is 1.78. The van der Waals surface area contributed by atoms with Crippen LogP contribution in [0, 0.1) is 6.92 Å². The van der Waals surface area contributed by atoms with Crippen LogP contribution >= 0.6 is 0 Å². The lowest BCUT2D eigenvalue weighted by Crippen LogP contribution is -2.19. The summed E-state index contributed by atoms with van der Waals surface area (Å²) in [5.41, 5.74) is 2.55. The second kappa shape index (κ2) is 7.01. The highest BCUT2D eigenvalue weighted by Crippen LogP contribution is 2.08. The number of ether oxygens (including phenoxy) is 1. The zero-order valence-electron chi connectivity index (χ0n) is 11.5. The van der Waals surface area contributed by atoms with E-state index in [0.29, 0.717) is 13.2 Å². The summed E-state index contributed by atoms with van der Waals surface area (Å²) < 4.78 is 6.84. The van der Waals surface area contributed by atoms with Crippen molar-refractivity contribution in [2.45, 2.75) is 20.0 Å². The molecule has 5 heteroatoms. The van der Waals surface area contributed by atoms with Gasteiger partial charge in [0.25, 0.3) is 0 Å². The first-order valence-corrected chi connectivity index (χ1v) is 6.42. The van der Waals surface area contributed by atoms with Gasteiger partial charge in [-0.3, -0.25) is 0 Å². The van der Waals surface area contributed by atoms with E-state index in [1.165, 1.54) is 11.1 Å². The van der Waals surface area contributed by atoms with Gasteiger partial charge in [-0.15, -0.1) is 0 Å². The third-order valence-electron chi connectivity index (χ3n) is 2.94. The van der Waals surface area contributed by atoms with Gasteiger partial charge in [0.1, 0.15) is 6.33 Å². The molecule has 0 spiro atoms. The molecule has 0 aliphatic rings. The van der Waals surface area contributed by atoms with Gasteiger partial charge < -0.3 is 10.1 Å². The van der Waals surface area contributed by atoms with E-state index in [0.717, 1.165) is 18.9 Å². The van der Waals surface area contributed by atoms with Crippen molar-refractivity contribution in [3.63, 3.8) is 0 Å². The Bertz CT molecular complexity index is 510. The number of nitrogens with zero attached hydrogens (tertiary/aromatic N) is 3. The van der Waals surface area contributed by atoms with Crippen molar-refractivity contribution in [2.24, 2.45) is 0 Å². The Labute approximate surface area is 113 Å². The predicted octanol–water partition coefficient (Wildman–Crippen LogP) is 1.37. The zero-order chi connectivity index (χ0) is 13.5. The molecule has 0 saturated heterocycles. The SMILES string of the molecule is COCCNCc1ncn(Cc2ccccc2C)n1. The molecule has 1 N–H and O–H groups in total. The molecule has 0 aliphatic carbocycles. The molecule has 2 aromatic rings. The minimum atomic E-state index is 0.671. The third-order valence-corrected chi connectivity index (χ3v) is 2.94. The van der Waals surface area contributed by atoms with E-state index in [-0.39, 0.29) is 0 Å². The molecule has 0 atom stereocenters. The lowest BCUT2D eigenvalue weighted by Gasteiger charge is -2.04. The Morgan fingerprint density at radius 3 is 2.95 bits per heavy atom. The largest absolute Gasteiger partial charge is 0.383 e. The van der Waals surface area contributed by atoms with Crippen LogP contribution in [0.4, 0.5) is 0 Å². The summed E-state index contributed by atoms with van der Waals surface area (Å²) in [5.74, 6) is 0.810. The highest BCUT2D eigenvalue weighted by atomic mass is 16.5. The second-order valence-corrected chi connectivity index (χ2v) is 4.45. The van der Waals surface area contributed by atoms with Crippen molar-refractivity contribution in [2.75, 3.05) is 20.3 Å². The first-order valence-electron chi connectivity index (χ1n) is 6.42. The Morgan fingerprint density at radius 2 is 2.16 bits per heavy atom. The molecule has 0 unspecified atom stereocenters. The van der Waals surface area contributed by atoms with E-state index in [9.17, 15) is 0 Å². The van der Waals surface area contributed by atoms with Crippen LogP contribution in [0.3, 0.4) is 0 Å². The summed E-state index contributed by atoms with van der Waals surface area (Å²) in [6.45, 7) is 5.05. The van der Waals surface area contributed by atoms with Crippen LogP contribution in [0.15, 0.2) is 30.6 Å². The Kier molecular flexibility index (Phi) is 5.06. The maximum Gasteiger partial charge on any atom is 0.164 e. The van der Waals surface area contributed by atoms with E-state index in [1.54, 1.807) is 13.4 Å². The molecule has 0 fully saturated rings. The number of nitrogens with one attached hydrogen (secondary N) is 1. The summed E-state index contributed by atoms with van der Waals surface area (Å²) in [6, 6.07) is 8.32. The number of hydrogen-bond acceptors (Lipinski definition) is 4. The molecule has 5 nitrogen and oxygen atoms in total. The molecule has 1 aromatic heterocycles. The fraction of sp³-hybridized carbons (Fsp3) is 0.429. The monoisotopic (exact) mass is 260 g/mol. The minimum Gasteiger partial charge on any atom is -0.383 e. The molecular formula is C14H20N4O. The summed E-state index contributed by atoms with van der Waals surface area (Å²) in [7, 11) is 1.69. The topological polar surface area (TPSA) is 52.0 Å². The maximum atomic E-state index is 4.97. The summed E-state index contributed by atoms with van der Waals surface area (Å²) in [4.78, 5) is 4.29. The molecule has 0 bridgehead atoms. The van der Waals surface area contributed by atoms with E-state index >= 15 is 0 Å². The summed E-state index contributed by atoms with van der Waals surface area (Å²) >= 11 is 0. The zero-order valence-corrected chi connectivity index (χ0v) is 11.5. The molecule has 0 radical (unpaired) electrons. The lowest BCUT2D eigenvalue weighted by molar-refractivity contribution is 0.199. The van der Waals surface area contributed by atoms with Crippen LogP contribution in [0.1, 0.15) is 17.0 Å². The molecule has 1 aromatic carbocycles. The standard InChI is InChI=1S/C14H20N4O/c1-12-5-3-4-6-13(12)10-18-11-16-14(17-18)9-15-7-8-19-2/h3-6,11,15H,7-10H2,1-2H3. The van der Waals surface area contributed by atoms with Crippen LogP contribution in [-0.2, 0) is 17.8 Å². The van der Waals surface area contributed by atoms with E-state index < -0.39 is 0 Å². The summed E-state index contributed by atoms with van der Waals surface area (Å²) in [5, 5.41) is 7.67. The van der Waals surface area contributed by atoms with Gasteiger partial charge in [0.05, 0.1) is 19.7 Å². The van der Waals surface area contributed by atoms with Gasteiger partial charge >= 0.3 is 0 Å². The molecule has 0 aliphatic heterocycles. The number of hydrogen-bond donors (Lipinski definition) is 1. The first kappa shape index (κ1) is 13.7. The quantitative estimate of drug-likeness (QED) is 0.764. The maximum absolute atomic E-state index is 4.97. The Morgan fingerprint density at radius 1 is 1.32 bits per heavy atom. The van der Waals surface area contributed by atoms with Gasteiger partial charge in [0.15, 0.2) is 5.82 Å². The average Bonchev–Trinajstić information content (AvgIpc) is 2.85. The molecule has 0 saturated carbocycles. The molecule has 1 heterocycles. The first-order chi connectivity index (χ1) is 9.29. The van der Waals surface area contributed by atoms with Crippen LogP contribution in [0.5, 0.6) is 0 Å². The number of aromatic nitrogens is 3. The minimum absolute atomic E-state index is 0.671. The number of methoxy groups -OCH3 is 1. The van der Waals surface area contributed by atoms with Gasteiger partial charge in [0.2, 0.25) is 0 Å². The van der Waals surface area contributed by atoms with Crippen molar-refractivity contribution in [1.82, 2.24) is 20.1 Å². The van der Waals surface area contributed by atoms with Gasteiger partial charge in [-0.1, -0.05) is 24.3 Å². The van der Waals surface area contributed by atoms with E-state index in [4.69, 9.17) is 4.74 Å². The molecule has 0 amide bonds. The smallest absolute Gasteiger partial charge is 0.164 e. The highest BCUT2D eigenvalue weighted by molar-refractivity contribution is 5.25. The van der Waals surface area contributed by atoms with Crippen molar-refractivity contribution in [3.8, 4) is 0 Å². The van der Waals surface area contributed by atoms with E-state index in [1.807, 2.05) is 16.8 Å². The number of rotatable bonds is 7. The Hall–Kier alpha value is -1.72. The average molecular weight is 260 g/mol. The van der Waals surface area contributed by atoms with Crippen LogP contribution in [-0.4, -0.2) is 35.0 Å². The van der Waals surface area contributed by atoms with Crippen molar-refractivity contribution < 1.29 is 4.74 Å². The molecule has 2 rings (SSSR count). The molecular weight excluding hydrogens is 240 g/mol. The number of aryl methyl sites for hydroxylation is 1. The lowest BCUT2D eigenvalue weighted by atomic mass is 10.1. The normalized spacial score (nSPS) is 10.8. The van der Waals surface area contributed by atoms with Gasteiger partial charge in [-0.25, -0.2) is 9.67 Å². The van der Waals surface area contributed by atoms with Gasteiger partial charge in [-0.05, 0) is 18.1 Å². The van der Waals surface area contributed by atoms with Crippen molar-refractivity contribution in [1.29, 1.82) is 0 Å². The van der Waals surface area contributed by atoms with Crippen LogP contribution in [0.2, 0.25) is 0 Å². The fourth-order valence-electron chi connectivity index (χ4n) is 1.83. The third kappa shape index (κ3) is 4.15. The predicted molar refractivity (Wildman–Crippen MR) is 73.9 cm³/mol.